The lowest BCUT2D eigenvalue weighted by Gasteiger charge is -2.19. The number of para-hydroxylation sites is 2. The van der Waals surface area contributed by atoms with Crippen LogP contribution in [0.2, 0.25) is 0 Å². The Morgan fingerprint density at radius 1 is 0.933 bits per heavy atom. The molecule has 1 heterocycles. The Hall–Kier alpha value is -2.96. The molecule has 1 aliphatic carbocycles. The third kappa shape index (κ3) is 3.32. The van der Waals surface area contributed by atoms with E-state index in [-0.39, 0.29) is 0 Å². The summed E-state index contributed by atoms with van der Waals surface area (Å²) in [5, 5.41) is 0. The fourth-order valence-electron chi connectivity index (χ4n) is 4.28. The maximum Gasteiger partial charge on any atom is 0.241 e. The first-order valence-electron chi connectivity index (χ1n) is 10.1. The molecule has 0 fully saturated rings. The highest BCUT2D eigenvalue weighted by Crippen LogP contribution is 2.29. The number of imidazole rings is 1. The number of aryl methyl sites for hydroxylation is 3. The molecular weight excluding hydrogens is 394 g/mol. The standard InChI is InChI=1S/C24H23N3O2S/c1-27-22-13-6-5-12-21(22)25-24(27)23(18-8-3-2-4-9-18)26-30(28,29)20-15-14-17-10-7-11-19(17)16-20/h2-6,8-9,12-16,23,26H,7,10-11H2,1H3. The number of sulfonamides is 1. The van der Waals surface area contributed by atoms with Crippen LogP contribution in [0.3, 0.4) is 0 Å². The van der Waals surface area contributed by atoms with Crippen LogP contribution in [0, 0.1) is 0 Å². The zero-order valence-corrected chi connectivity index (χ0v) is 17.6. The predicted octanol–water partition coefficient (Wildman–Crippen LogP) is 4.13. The molecule has 1 atom stereocenters. The summed E-state index contributed by atoms with van der Waals surface area (Å²) in [6, 6.07) is 22.3. The summed E-state index contributed by atoms with van der Waals surface area (Å²) < 4.78 is 31.6. The fourth-order valence-corrected chi connectivity index (χ4v) is 5.51. The lowest BCUT2D eigenvalue weighted by molar-refractivity contribution is 0.563. The molecule has 3 aromatic carbocycles. The van der Waals surface area contributed by atoms with E-state index in [1.165, 1.54) is 5.56 Å². The molecule has 0 radical (unpaired) electrons. The Morgan fingerprint density at radius 3 is 2.47 bits per heavy atom. The molecule has 1 aromatic heterocycles. The average molecular weight is 418 g/mol. The molecule has 0 spiro atoms. The van der Waals surface area contributed by atoms with Crippen molar-refractivity contribution in [1.82, 2.24) is 14.3 Å². The van der Waals surface area contributed by atoms with E-state index in [0.717, 1.165) is 41.4 Å². The van der Waals surface area contributed by atoms with Crippen LogP contribution < -0.4 is 4.72 Å². The first-order chi connectivity index (χ1) is 14.5. The molecule has 1 aliphatic rings. The zero-order valence-electron chi connectivity index (χ0n) is 16.7. The van der Waals surface area contributed by atoms with Crippen molar-refractivity contribution in [3.8, 4) is 0 Å². The van der Waals surface area contributed by atoms with E-state index in [4.69, 9.17) is 4.98 Å². The molecule has 0 amide bonds. The van der Waals surface area contributed by atoms with Crippen LogP contribution >= 0.6 is 0 Å². The average Bonchev–Trinajstić information content (AvgIpc) is 3.37. The van der Waals surface area contributed by atoms with Crippen molar-refractivity contribution in [3.05, 3.63) is 95.3 Å². The molecule has 0 bridgehead atoms. The first kappa shape index (κ1) is 19.0. The monoisotopic (exact) mass is 417 g/mol. The van der Waals surface area contributed by atoms with Gasteiger partial charge < -0.3 is 4.57 Å². The molecule has 5 rings (SSSR count). The van der Waals surface area contributed by atoms with Gasteiger partial charge in [-0.1, -0.05) is 48.5 Å². The SMILES string of the molecule is Cn1c(C(NS(=O)(=O)c2ccc3c(c2)CCC3)c2ccccc2)nc2ccccc21. The highest BCUT2D eigenvalue weighted by Gasteiger charge is 2.27. The second kappa shape index (κ2) is 7.38. The van der Waals surface area contributed by atoms with Gasteiger partial charge in [-0.05, 0) is 60.2 Å². The molecular formula is C24H23N3O2S. The normalized spacial score (nSPS) is 14.7. The molecule has 4 aromatic rings. The molecule has 6 heteroatoms. The van der Waals surface area contributed by atoms with Gasteiger partial charge in [0, 0.05) is 7.05 Å². The van der Waals surface area contributed by atoms with E-state index in [1.54, 1.807) is 6.07 Å². The number of rotatable bonds is 5. The van der Waals surface area contributed by atoms with E-state index in [2.05, 4.69) is 4.72 Å². The fraction of sp³-hybridized carbons (Fsp3) is 0.208. The highest BCUT2D eigenvalue weighted by molar-refractivity contribution is 7.89. The number of benzene rings is 3. The van der Waals surface area contributed by atoms with Crippen LogP contribution in [-0.2, 0) is 29.9 Å². The summed E-state index contributed by atoms with van der Waals surface area (Å²) >= 11 is 0. The van der Waals surface area contributed by atoms with E-state index in [9.17, 15) is 8.42 Å². The Labute approximate surface area is 176 Å². The number of hydrogen-bond donors (Lipinski definition) is 1. The Balaban J connectivity index is 1.60. The van der Waals surface area contributed by atoms with Crippen LogP contribution in [0.4, 0.5) is 0 Å². The largest absolute Gasteiger partial charge is 0.329 e. The van der Waals surface area contributed by atoms with Crippen molar-refractivity contribution in [2.45, 2.75) is 30.2 Å². The van der Waals surface area contributed by atoms with E-state index in [1.807, 2.05) is 78.3 Å². The number of nitrogens with zero attached hydrogens (tertiary/aromatic N) is 2. The minimum absolute atomic E-state index is 0.308. The minimum Gasteiger partial charge on any atom is -0.329 e. The van der Waals surface area contributed by atoms with Gasteiger partial charge in [-0.25, -0.2) is 13.4 Å². The van der Waals surface area contributed by atoms with Gasteiger partial charge in [-0.2, -0.15) is 4.72 Å². The number of fused-ring (bicyclic) bond motifs is 2. The smallest absolute Gasteiger partial charge is 0.241 e. The summed E-state index contributed by atoms with van der Waals surface area (Å²) in [5.41, 5.74) is 5.04. The van der Waals surface area contributed by atoms with Gasteiger partial charge in [0.05, 0.1) is 15.9 Å². The van der Waals surface area contributed by atoms with E-state index in [0.29, 0.717) is 10.7 Å². The number of hydrogen-bond acceptors (Lipinski definition) is 3. The van der Waals surface area contributed by atoms with Crippen molar-refractivity contribution < 1.29 is 8.42 Å². The van der Waals surface area contributed by atoms with E-state index < -0.39 is 16.1 Å². The van der Waals surface area contributed by atoms with E-state index >= 15 is 0 Å². The maximum atomic E-state index is 13.4. The second-order valence-corrected chi connectivity index (χ2v) is 9.48. The summed E-state index contributed by atoms with van der Waals surface area (Å²) in [6.07, 6.45) is 3.04. The predicted molar refractivity (Wildman–Crippen MR) is 118 cm³/mol. The van der Waals surface area contributed by atoms with Gasteiger partial charge in [0.1, 0.15) is 11.9 Å². The third-order valence-corrected chi connectivity index (χ3v) is 7.29. The Morgan fingerprint density at radius 2 is 1.67 bits per heavy atom. The quantitative estimate of drug-likeness (QED) is 0.531. The topological polar surface area (TPSA) is 64.0 Å². The summed E-state index contributed by atoms with van der Waals surface area (Å²) in [5.74, 6) is 0.659. The van der Waals surface area contributed by atoms with Crippen molar-refractivity contribution in [2.75, 3.05) is 0 Å². The van der Waals surface area contributed by atoms with Gasteiger partial charge in [0.15, 0.2) is 0 Å². The van der Waals surface area contributed by atoms with Gasteiger partial charge >= 0.3 is 0 Å². The van der Waals surface area contributed by atoms with Crippen LogP contribution in [0.15, 0.2) is 77.7 Å². The zero-order chi connectivity index (χ0) is 20.7. The summed E-state index contributed by atoms with van der Waals surface area (Å²) in [6.45, 7) is 0. The number of nitrogens with one attached hydrogen (secondary N) is 1. The van der Waals surface area contributed by atoms with Crippen LogP contribution in [0.5, 0.6) is 0 Å². The second-order valence-electron chi connectivity index (χ2n) is 7.77. The molecule has 30 heavy (non-hydrogen) atoms. The Kier molecular flexibility index (Phi) is 4.68. The summed E-state index contributed by atoms with van der Waals surface area (Å²) in [7, 11) is -1.81. The number of aromatic nitrogens is 2. The lowest BCUT2D eigenvalue weighted by atomic mass is 10.1. The molecule has 152 valence electrons. The Bertz CT molecular complexity index is 1330. The highest BCUT2D eigenvalue weighted by atomic mass is 32.2. The molecule has 0 saturated carbocycles. The van der Waals surface area contributed by atoms with Crippen molar-refractivity contribution in [3.63, 3.8) is 0 Å². The molecule has 0 saturated heterocycles. The van der Waals surface area contributed by atoms with Crippen LogP contribution in [0.1, 0.15) is 35.0 Å². The first-order valence-corrected chi connectivity index (χ1v) is 11.6. The molecule has 5 nitrogen and oxygen atoms in total. The third-order valence-electron chi connectivity index (χ3n) is 5.87. The van der Waals surface area contributed by atoms with Crippen molar-refractivity contribution in [1.29, 1.82) is 0 Å². The summed E-state index contributed by atoms with van der Waals surface area (Å²) in [4.78, 5) is 5.07. The minimum atomic E-state index is -3.73. The van der Waals surface area contributed by atoms with Gasteiger partial charge in [-0.15, -0.1) is 0 Å². The maximum absolute atomic E-state index is 13.4. The van der Waals surface area contributed by atoms with Gasteiger partial charge in [0.25, 0.3) is 0 Å². The molecule has 0 aliphatic heterocycles. The van der Waals surface area contributed by atoms with Crippen LogP contribution in [-0.4, -0.2) is 18.0 Å². The van der Waals surface area contributed by atoms with Crippen molar-refractivity contribution >= 4 is 21.1 Å². The van der Waals surface area contributed by atoms with Gasteiger partial charge in [0.2, 0.25) is 10.0 Å². The lowest BCUT2D eigenvalue weighted by Crippen LogP contribution is -2.31. The molecule has 1 unspecified atom stereocenters. The molecule has 1 N–H and O–H groups in total. The van der Waals surface area contributed by atoms with Crippen molar-refractivity contribution in [2.24, 2.45) is 7.05 Å². The van der Waals surface area contributed by atoms with Gasteiger partial charge in [-0.3, -0.25) is 0 Å². The van der Waals surface area contributed by atoms with Crippen LogP contribution in [0.25, 0.3) is 11.0 Å².